The minimum atomic E-state index is -0.121. The molecule has 6 heteroatoms. The molecule has 1 saturated heterocycles. The fraction of sp³-hybridized carbons (Fsp3) is 0.350. The van der Waals surface area contributed by atoms with Gasteiger partial charge in [0.05, 0.1) is 24.3 Å². The van der Waals surface area contributed by atoms with Gasteiger partial charge in [0, 0.05) is 30.8 Å². The number of amides is 1. The second-order valence-corrected chi connectivity index (χ2v) is 6.47. The topological polar surface area (TPSA) is 75.4 Å². The second-order valence-electron chi connectivity index (χ2n) is 6.47. The zero-order valence-electron chi connectivity index (χ0n) is 14.9. The summed E-state index contributed by atoms with van der Waals surface area (Å²) in [4.78, 5) is 18.5. The van der Waals surface area contributed by atoms with Crippen LogP contribution in [-0.4, -0.2) is 41.1 Å². The van der Waals surface area contributed by atoms with E-state index in [-0.39, 0.29) is 18.1 Å². The fourth-order valence-corrected chi connectivity index (χ4v) is 2.85. The van der Waals surface area contributed by atoms with Gasteiger partial charge in [-0.2, -0.15) is 5.26 Å². The van der Waals surface area contributed by atoms with Crippen LogP contribution in [0.3, 0.4) is 0 Å². The lowest BCUT2D eigenvalue weighted by Gasteiger charge is -2.17. The van der Waals surface area contributed by atoms with E-state index in [1.54, 1.807) is 35.4 Å². The van der Waals surface area contributed by atoms with Gasteiger partial charge in [0.15, 0.2) is 0 Å². The van der Waals surface area contributed by atoms with Gasteiger partial charge in [-0.25, -0.2) is 4.98 Å². The van der Waals surface area contributed by atoms with Crippen LogP contribution in [0.25, 0.3) is 0 Å². The SMILES string of the molecule is CC(C)Oc1ccc(C(=O)N2CCC(Oc3cc(C#N)ccn3)C2)cc1. The molecule has 0 spiro atoms. The molecule has 1 amide bonds. The van der Waals surface area contributed by atoms with E-state index < -0.39 is 0 Å². The van der Waals surface area contributed by atoms with E-state index in [2.05, 4.69) is 11.1 Å². The van der Waals surface area contributed by atoms with Crippen LogP contribution in [0, 0.1) is 11.3 Å². The predicted molar refractivity (Wildman–Crippen MR) is 96.1 cm³/mol. The van der Waals surface area contributed by atoms with Gasteiger partial charge in [-0.05, 0) is 44.2 Å². The molecule has 0 bridgehead atoms. The zero-order chi connectivity index (χ0) is 18.5. The minimum Gasteiger partial charge on any atom is -0.491 e. The summed E-state index contributed by atoms with van der Waals surface area (Å²) in [5, 5.41) is 8.94. The van der Waals surface area contributed by atoms with Gasteiger partial charge in [-0.1, -0.05) is 0 Å². The van der Waals surface area contributed by atoms with E-state index in [0.29, 0.717) is 30.1 Å². The number of pyridine rings is 1. The maximum atomic E-state index is 12.6. The monoisotopic (exact) mass is 351 g/mol. The molecule has 0 saturated carbocycles. The van der Waals surface area contributed by atoms with Crippen LogP contribution >= 0.6 is 0 Å². The molecule has 6 nitrogen and oxygen atoms in total. The van der Waals surface area contributed by atoms with Gasteiger partial charge < -0.3 is 14.4 Å². The molecule has 1 aliphatic heterocycles. The van der Waals surface area contributed by atoms with Crippen LogP contribution in [0.5, 0.6) is 11.6 Å². The Hall–Kier alpha value is -3.07. The van der Waals surface area contributed by atoms with Gasteiger partial charge in [-0.3, -0.25) is 4.79 Å². The van der Waals surface area contributed by atoms with E-state index in [1.807, 2.05) is 26.0 Å². The molecular formula is C20H21N3O3. The predicted octanol–water partition coefficient (Wildman–Crippen LogP) is 3.03. The third kappa shape index (κ3) is 4.31. The summed E-state index contributed by atoms with van der Waals surface area (Å²) in [7, 11) is 0. The molecule has 1 fully saturated rings. The van der Waals surface area contributed by atoms with Crippen LogP contribution in [0.15, 0.2) is 42.6 Å². The number of ether oxygens (including phenoxy) is 2. The summed E-state index contributed by atoms with van der Waals surface area (Å²) in [5.74, 6) is 1.15. The first-order valence-corrected chi connectivity index (χ1v) is 8.64. The maximum Gasteiger partial charge on any atom is 0.253 e. The molecule has 1 aliphatic rings. The molecule has 2 aromatic rings. The number of carbonyl (C=O) groups excluding carboxylic acids is 1. The number of nitriles is 1. The Bertz CT molecular complexity index is 812. The third-order valence-corrected chi connectivity index (χ3v) is 4.06. The highest BCUT2D eigenvalue weighted by Gasteiger charge is 2.28. The van der Waals surface area contributed by atoms with Crippen LogP contribution in [0.1, 0.15) is 36.2 Å². The van der Waals surface area contributed by atoms with Crippen molar-refractivity contribution in [1.82, 2.24) is 9.88 Å². The Labute approximate surface area is 153 Å². The first kappa shape index (κ1) is 17.7. The largest absolute Gasteiger partial charge is 0.491 e. The molecule has 0 N–H and O–H groups in total. The first-order chi connectivity index (χ1) is 12.5. The highest BCUT2D eigenvalue weighted by atomic mass is 16.5. The number of carbonyl (C=O) groups is 1. The number of nitrogens with zero attached hydrogens (tertiary/aromatic N) is 3. The molecule has 2 heterocycles. The van der Waals surface area contributed by atoms with Crippen molar-refractivity contribution in [2.24, 2.45) is 0 Å². The summed E-state index contributed by atoms with van der Waals surface area (Å²) in [6.07, 6.45) is 2.26. The average Bonchev–Trinajstić information content (AvgIpc) is 3.10. The van der Waals surface area contributed by atoms with Crippen molar-refractivity contribution < 1.29 is 14.3 Å². The smallest absolute Gasteiger partial charge is 0.253 e. The Morgan fingerprint density at radius 2 is 2.08 bits per heavy atom. The fourth-order valence-electron chi connectivity index (χ4n) is 2.85. The summed E-state index contributed by atoms with van der Waals surface area (Å²) >= 11 is 0. The number of hydrogen-bond acceptors (Lipinski definition) is 5. The van der Waals surface area contributed by atoms with Gasteiger partial charge in [0.2, 0.25) is 5.88 Å². The molecular weight excluding hydrogens is 330 g/mol. The van der Waals surface area contributed by atoms with Crippen molar-refractivity contribution in [3.8, 4) is 17.7 Å². The van der Waals surface area contributed by atoms with Gasteiger partial charge in [0.25, 0.3) is 5.91 Å². The van der Waals surface area contributed by atoms with Crippen molar-refractivity contribution in [3.63, 3.8) is 0 Å². The lowest BCUT2D eigenvalue weighted by Crippen LogP contribution is -2.31. The Kier molecular flexibility index (Phi) is 5.37. The third-order valence-electron chi connectivity index (χ3n) is 4.06. The van der Waals surface area contributed by atoms with E-state index in [4.69, 9.17) is 14.7 Å². The van der Waals surface area contributed by atoms with Crippen LogP contribution < -0.4 is 9.47 Å². The number of likely N-dealkylation sites (tertiary alicyclic amines) is 1. The van der Waals surface area contributed by atoms with Gasteiger partial charge in [-0.15, -0.1) is 0 Å². The second kappa shape index (κ2) is 7.87. The quantitative estimate of drug-likeness (QED) is 0.828. The molecule has 134 valence electrons. The van der Waals surface area contributed by atoms with Crippen LogP contribution in [0.2, 0.25) is 0 Å². The lowest BCUT2D eigenvalue weighted by molar-refractivity contribution is 0.0771. The average molecular weight is 351 g/mol. The summed E-state index contributed by atoms with van der Waals surface area (Å²) in [6.45, 7) is 5.06. The van der Waals surface area contributed by atoms with E-state index in [0.717, 1.165) is 12.2 Å². The minimum absolute atomic E-state index is 0.0223. The first-order valence-electron chi connectivity index (χ1n) is 8.64. The van der Waals surface area contributed by atoms with Gasteiger partial charge >= 0.3 is 0 Å². The highest BCUT2D eigenvalue weighted by Crippen LogP contribution is 2.20. The lowest BCUT2D eigenvalue weighted by atomic mass is 10.2. The molecule has 0 radical (unpaired) electrons. The Morgan fingerprint density at radius 1 is 1.31 bits per heavy atom. The summed E-state index contributed by atoms with van der Waals surface area (Å²) in [6, 6.07) is 12.5. The molecule has 1 unspecified atom stereocenters. The van der Waals surface area contributed by atoms with Crippen molar-refractivity contribution in [1.29, 1.82) is 5.26 Å². The van der Waals surface area contributed by atoms with Crippen molar-refractivity contribution in [3.05, 3.63) is 53.7 Å². The van der Waals surface area contributed by atoms with Crippen LogP contribution in [0.4, 0.5) is 0 Å². The number of rotatable bonds is 5. The molecule has 1 aromatic carbocycles. The van der Waals surface area contributed by atoms with Crippen molar-refractivity contribution in [2.45, 2.75) is 32.5 Å². The number of hydrogen-bond donors (Lipinski definition) is 0. The van der Waals surface area contributed by atoms with E-state index >= 15 is 0 Å². The van der Waals surface area contributed by atoms with E-state index in [9.17, 15) is 4.79 Å². The standard InChI is InChI=1S/C20H21N3O3/c1-14(2)25-17-5-3-16(4-6-17)20(24)23-10-8-18(13-23)26-19-11-15(12-21)7-9-22-19/h3-7,9,11,14,18H,8,10,13H2,1-2H3. The molecule has 3 rings (SSSR count). The zero-order valence-corrected chi connectivity index (χ0v) is 14.9. The van der Waals surface area contributed by atoms with Crippen molar-refractivity contribution in [2.75, 3.05) is 13.1 Å². The molecule has 26 heavy (non-hydrogen) atoms. The normalized spacial score (nSPS) is 16.4. The van der Waals surface area contributed by atoms with Crippen molar-refractivity contribution >= 4 is 5.91 Å². The van der Waals surface area contributed by atoms with E-state index in [1.165, 1.54) is 0 Å². The van der Waals surface area contributed by atoms with Crippen LogP contribution in [-0.2, 0) is 0 Å². The maximum absolute atomic E-state index is 12.6. The molecule has 1 aromatic heterocycles. The molecule has 0 aliphatic carbocycles. The Balaban J connectivity index is 1.59. The highest BCUT2D eigenvalue weighted by molar-refractivity contribution is 5.94. The number of aromatic nitrogens is 1. The molecule has 1 atom stereocenters. The van der Waals surface area contributed by atoms with Gasteiger partial charge in [0.1, 0.15) is 11.9 Å². The number of benzene rings is 1. The Morgan fingerprint density at radius 3 is 2.77 bits per heavy atom. The summed E-state index contributed by atoms with van der Waals surface area (Å²) in [5.41, 5.74) is 1.14. The summed E-state index contributed by atoms with van der Waals surface area (Å²) < 4.78 is 11.4.